The molecule has 1 atom stereocenters. The largest absolute Gasteiger partial charge is 0.416 e. The number of halogens is 3. The molecule has 1 amide bonds. The van der Waals surface area contributed by atoms with Gasteiger partial charge in [0, 0.05) is 12.2 Å². The van der Waals surface area contributed by atoms with E-state index in [0.29, 0.717) is 25.2 Å². The number of nitrogens with zero attached hydrogens (tertiary/aromatic N) is 3. The van der Waals surface area contributed by atoms with Crippen LogP contribution in [0.5, 0.6) is 0 Å². The van der Waals surface area contributed by atoms with Crippen LogP contribution in [0.1, 0.15) is 25.8 Å². The summed E-state index contributed by atoms with van der Waals surface area (Å²) >= 11 is 0. The maximum Gasteiger partial charge on any atom is 0.416 e. The van der Waals surface area contributed by atoms with Crippen LogP contribution < -0.4 is 5.32 Å². The number of alkyl halides is 3. The van der Waals surface area contributed by atoms with E-state index in [9.17, 15) is 18.0 Å². The first-order chi connectivity index (χ1) is 11.2. The lowest BCUT2D eigenvalue weighted by molar-refractivity contribution is -0.141. The molecule has 130 valence electrons. The molecule has 1 N–H and O–H groups in total. The number of hydrogen-bond donors (Lipinski definition) is 1. The van der Waals surface area contributed by atoms with Crippen molar-refractivity contribution < 1.29 is 18.0 Å². The number of benzene rings is 1. The molecule has 1 aromatic carbocycles. The summed E-state index contributed by atoms with van der Waals surface area (Å²) in [5.41, 5.74) is -0.312. The molecule has 0 aliphatic carbocycles. The van der Waals surface area contributed by atoms with Crippen LogP contribution in [0.25, 0.3) is 0 Å². The van der Waals surface area contributed by atoms with Gasteiger partial charge < -0.3 is 5.32 Å². The minimum absolute atomic E-state index is 0.0964. The van der Waals surface area contributed by atoms with Crippen molar-refractivity contribution in [2.24, 2.45) is 5.92 Å². The Labute approximate surface area is 138 Å². The topological polar surface area (TPSA) is 59.4 Å². The molecule has 1 heterocycles. The smallest absolute Gasteiger partial charge is 0.373 e. The summed E-state index contributed by atoms with van der Waals surface area (Å²) in [6, 6.07) is 3.92. The highest BCUT2D eigenvalue weighted by Gasteiger charge is 2.34. The third kappa shape index (κ3) is 3.91. The summed E-state index contributed by atoms with van der Waals surface area (Å²) in [6.45, 7) is 4.64. The van der Waals surface area contributed by atoms with Gasteiger partial charge >= 0.3 is 6.18 Å². The van der Waals surface area contributed by atoms with Gasteiger partial charge in [0.1, 0.15) is 6.04 Å². The first-order valence-electron chi connectivity index (χ1n) is 7.66. The zero-order chi connectivity index (χ0) is 17.9. The molecule has 24 heavy (non-hydrogen) atoms. The Morgan fingerprint density at radius 2 is 1.88 bits per heavy atom. The molecule has 1 aliphatic heterocycles. The predicted molar refractivity (Wildman–Crippen MR) is 82.3 cm³/mol. The SMILES string of the molecule is CC(C)C(Nc1ccc(C(F)(F)F)cc1)C(=O)N1CCCN1C#N. The van der Waals surface area contributed by atoms with Crippen LogP contribution in [-0.4, -0.2) is 35.1 Å². The molecule has 0 spiro atoms. The van der Waals surface area contributed by atoms with Crippen LogP contribution in [0.2, 0.25) is 0 Å². The highest BCUT2D eigenvalue weighted by molar-refractivity contribution is 5.85. The van der Waals surface area contributed by atoms with Gasteiger partial charge in [-0.15, -0.1) is 0 Å². The van der Waals surface area contributed by atoms with Crippen molar-refractivity contribution in [3.63, 3.8) is 0 Å². The standard InChI is InChI=1S/C16H19F3N4O/c1-11(2)14(15(24)23-9-3-8-22(23)10-20)21-13-6-4-12(5-7-13)16(17,18)19/h4-7,11,14,21H,3,8-9H2,1-2H3. The Morgan fingerprint density at radius 1 is 1.25 bits per heavy atom. The van der Waals surface area contributed by atoms with Gasteiger partial charge in [-0.3, -0.25) is 4.79 Å². The van der Waals surface area contributed by atoms with E-state index in [1.54, 1.807) is 0 Å². The Morgan fingerprint density at radius 3 is 2.38 bits per heavy atom. The van der Waals surface area contributed by atoms with E-state index in [0.717, 1.165) is 12.1 Å². The summed E-state index contributed by atoms with van der Waals surface area (Å²) in [5.74, 6) is -0.357. The lowest BCUT2D eigenvalue weighted by Crippen LogP contribution is -2.48. The van der Waals surface area contributed by atoms with Gasteiger partial charge in [-0.1, -0.05) is 13.8 Å². The average Bonchev–Trinajstić information content (AvgIpc) is 3.00. The fourth-order valence-corrected chi connectivity index (χ4v) is 2.55. The Balaban J connectivity index is 2.14. The monoisotopic (exact) mass is 340 g/mol. The summed E-state index contributed by atoms with van der Waals surface area (Å²) in [6.07, 6.45) is -1.72. The second kappa shape index (κ2) is 6.99. The van der Waals surface area contributed by atoms with Crippen LogP contribution >= 0.6 is 0 Å². The highest BCUT2D eigenvalue weighted by Crippen LogP contribution is 2.30. The van der Waals surface area contributed by atoms with Crippen molar-refractivity contribution in [3.05, 3.63) is 29.8 Å². The molecule has 1 fully saturated rings. The van der Waals surface area contributed by atoms with Crippen LogP contribution in [0.3, 0.4) is 0 Å². The maximum atomic E-state index is 12.7. The number of anilines is 1. The number of hydrogen-bond acceptors (Lipinski definition) is 4. The van der Waals surface area contributed by atoms with Crippen molar-refractivity contribution in [1.82, 2.24) is 10.0 Å². The number of amides is 1. The second-order valence-corrected chi connectivity index (χ2v) is 5.98. The molecule has 1 unspecified atom stereocenters. The summed E-state index contributed by atoms with van der Waals surface area (Å²) in [5, 5.41) is 14.7. The van der Waals surface area contributed by atoms with Crippen molar-refractivity contribution in [1.29, 1.82) is 5.26 Å². The quantitative estimate of drug-likeness (QED) is 0.856. The zero-order valence-electron chi connectivity index (χ0n) is 13.5. The Hall–Kier alpha value is -2.43. The first kappa shape index (κ1) is 17.9. The number of carbonyl (C=O) groups excluding carboxylic acids is 1. The first-order valence-corrected chi connectivity index (χ1v) is 7.66. The summed E-state index contributed by atoms with van der Waals surface area (Å²) in [4.78, 5) is 12.7. The molecule has 0 aromatic heterocycles. The van der Waals surface area contributed by atoms with Crippen LogP contribution in [-0.2, 0) is 11.0 Å². The van der Waals surface area contributed by atoms with Crippen LogP contribution in [0, 0.1) is 17.4 Å². The molecule has 0 bridgehead atoms. The van der Waals surface area contributed by atoms with Gasteiger partial charge in [0.05, 0.1) is 12.1 Å². The van der Waals surface area contributed by atoms with Crippen molar-refractivity contribution >= 4 is 11.6 Å². The van der Waals surface area contributed by atoms with Crippen molar-refractivity contribution in [2.45, 2.75) is 32.5 Å². The van der Waals surface area contributed by atoms with Gasteiger partial charge in [0.2, 0.25) is 0 Å². The van der Waals surface area contributed by atoms with Gasteiger partial charge in [0.15, 0.2) is 6.19 Å². The van der Waals surface area contributed by atoms with Gasteiger partial charge in [-0.25, -0.2) is 10.0 Å². The minimum Gasteiger partial charge on any atom is -0.373 e. The van der Waals surface area contributed by atoms with E-state index in [1.165, 1.54) is 22.2 Å². The summed E-state index contributed by atoms with van der Waals surface area (Å²) < 4.78 is 37.8. The molecule has 2 rings (SSSR count). The van der Waals surface area contributed by atoms with Gasteiger partial charge in [-0.2, -0.15) is 18.4 Å². The molecule has 1 saturated heterocycles. The fourth-order valence-electron chi connectivity index (χ4n) is 2.55. The van der Waals surface area contributed by atoms with E-state index >= 15 is 0 Å². The Kier molecular flexibility index (Phi) is 5.22. The van der Waals surface area contributed by atoms with E-state index in [2.05, 4.69) is 5.32 Å². The van der Waals surface area contributed by atoms with Gasteiger partial charge in [0.25, 0.3) is 5.91 Å². The third-order valence-electron chi connectivity index (χ3n) is 3.87. The summed E-state index contributed by atoms with van der Waals surface area (Å²) in [7, 11) is 0. The van der Waals surface area contributed by atoms with Gasteiger partial charge in [-0.05, 0) is 36.6 Å². The minimum atomic E-state index is -4.39. The molecule has 1 aromatic rings. The lowest BCUT2D eigenvalue weighted by Gasteiger charge is -2.30. The zero-order valence-corrected chi connectivity index (χ0v) is 13.5. The molecule has 0 radical (unpaired) electrons. The number of nitrogens with one attached hydrogen (secondary N) is 1. The van der Waals surface area contributed by atoms with E-state index in [1.807, 2.05) is 20.0 Å². The molecule has 8 heteroatoms. The Bertz CT molecular complexity index is 622. The molecule has 5 nitrogen and oxygen atoms in total. The van der Waals surface area contributed by atoms with E-state index in [-0.39, 0.29) is 11.8 Å². The highest BCUT2D eigenvalue weighted by atomic mass is 19.4. The molecular weight excluding hydrogens is 321 g/mol. The predicted octanol–water partition coefficient (Wildman–Crippen LogP) is 3.07. The molecule has 1 aliphatic rings. The van der Waals surface area contributed by atoms with Crippen molar-refractivity contribution in [3.8, 4) is 6.19 Å². The van der Waals surface area contributed by atoms with Crippen LogP contribution in [0.15, 0.2) is 24.3 Å². The lowest BCUT2D eigenvalue weighted by atomic mass is 10.0. The molecular formula is C16H19F3N4O. The number of nitriles is 1. The second-order valence-electron chi connectivity index (χ2n) is 5.98. The van der Waals surface area contributed by atoms with E-state index in [4.69, 9.17) is 5.26 Å². The van der Waals surface area contributed by atoms with Crippen molar-refractivity contribution in [2.75, 3.05) is 18.4 Å². The number of hydrazine groups is 1. The third-order valence-corrected chi connectivity index (χ3v) is 3.87. The van der Waals surface area contributed by atoms with Crippen LogP contribution in [0.4, 0.5) is 18.9 Å². The normalized spacial score (nSPS) is 16.2. The maximum absolute atomic E-state index is 12.7. The average molecular weight is 340 g/mol. The van der Waals surface area contributed by atoms with E-state index < -0.39 is 17.8 Å². The fraction of sp³-hybridized carbons (Fsp3) is 0.500. The number of carbonyl (C=O) groups is 1. The molecule has 0 saturated carbocycles. The number of rotatable bonds is 4.